The number of aryl methyl sites for hydroxylation is 1. The van der Waals surface area contributed by atoms with Crippen molar-refractivity contribution in [1.82, 2.24) is 25.4 Å². The number of benzene rings is 1. The van der Waals surface area contributed by atoms with Crippen molar-refractivity contribution >= 4 is 53.1 Å². The van der Waals surface area contributed by atoms with Gasteiger partial charge in [-0.15, -0.1) is 34.2 Å². The summed E-state index contributed by atoms with van der Waals surface area (Å²) in [5, 5.41) is 15.8. The van der Waals surface area contributed by atoms with Crippen LogP contribution in [0.4, 0.5) is 0 Å². The first-order valence-corrected chi connectivity index (χ1v) is 9.76. The average molecular weight is 549 g/mol. The molecule has 3 aromatic rings. The van der Waals surface area contributed by atoms with E-state index in [-0.39, 0.29) is 24.0 Å². The minimum absolute atomic E-state index is 0. The van der Waals surface area contributed by atoms with Crippen LogP contribution in [0.2, 0.25) is 10.0 Å². The fraction of sp³-hybridized carbons (Fsp3) is 0.316. The molecule has 0 radical (unpaired) electrons. The lowest BCUT2D eigenvalue weighted by atomic mass is 10.2. The lowest BCUT2D eigenvalue weighted by molar-refractivity contribution is 0.501. The van der Waals surface area contributed by atoms with E-state index in [9.17, 15) is 0 Å². The molecule has 0 bridgehead atoms. The Kier molecular flexibility index (Phi) is 9.75. The smallest absolute Gasteiger partial charge is 0.192 e. The molecule has 0 amide bonds. The van der Waals surface area contributed by atoms with Crippen molar-refractivity contribution in [1.29, 1.82) is 0 Å². The van der Waals surface area contributed by atoms with Gasteiger partial charge in [-0.1, -0.05) is 36.2 Å². The molecule has 0 saturated heterocycles. The monoisotopic (exact) mass is 548 g/mol. The highest BCUT2D eigenvalue weighted by atomic mass is 127. The van der Waals surface area contributed by atoms with E-state index in [0.717, 1.165) is 30.1 Å². The third-order valence-electron chi connectivity index (χ3n) is 4.09. The number of aromatic nitrogens is 3. The minimum atomic E-state index is 0. The number of furan rings is 1. The third kappa shape index (κ3) is 7.20. The van der Waals surface area contributed by atoms with E-state index in [4.69, 9.17) is 27.6 Å². The van der Waals surface area contributed by atoms with Crippen molar-refractivity contribution in [3.63, 3.8) is 0 Å². The van der Waals surface area contributed by atoms with Crippen LogP contribution in [0.5, 0.6) is 0 Å². The van der Waals surface area contributed by atoms with Crippen LogP contribution in [0.25, 0.3) is 0 Å². The molecule has 156 valence electrons. The predicted molar refractivity (Wildman–Crippen MR) is 126 cm³/mol. The van der Waals surface area contributed by atoms with Crippen molar-refractivity contribution in [3.05, 3.63) is 70.1 Å². The molecule has 3 rings (SSSR count). The Morgan fingerprint density at radius 2 is 2.10 bits per heavy atom. The summed E-state index contributed by atoms with van der Waals surface area (Å²) in [6.07, 6.45) is 4.22. The van der Waals surface area contributed by atoms with E-state index in [1.54, 1.807) is 24.7 Å². The summed E-state index contributed by atoms with van der Waals surface area (Å²) < 4.78 is 7.39. The fourth-order valence-corrected chi connectivity index (χ4v) is 3.07. The maximum absolute atomic E-state index is 6.25. The third-order valence-corrected chi connectivity index (χ3v) is 4.68. The summed E-state index contributed by atoms with van der Waals surface area (Å²) >= 11 is 12.2. The van der Waals surface area contributed by atoms with Gasteiger partial charge in [0.25, 0.3) is 0 Å². The molecular formula is C19H23Cl2IN6O. The molecule has 7 nitrogen and oxygen atoms in total. The highest BCUT2D eigenvalue weighted by Crippen LogP contribution is 2.21. The number of hydrogen-bond donors (Lipinski definition) is 2. The number of nitrogens with zero attached hydrogens (tertiary/aromatic N) is 4. The maximum atomic E-state index is 6.25. The molecule has 10 heteroatoms. The first kappa shape index (κ1) is 23.5. The molecule has 0 unspecified atom stereocenters. The molecule has 0 aliphatic rings. The Hall–Kier alpha value is -1.78. The molecule has 2 aromatic heterocycles. The number of guanidine groups is 1. The van der Waals surface area contributed by atoms with Crippen LogP contribution in [0, 0.1) is 0 Å². The molecule has 1 aromatic carbocycles. The normalized spacial score (nSPS) is 11.2. The van der Waals surface area contributed by atoms with Gasteiger partial charge in [-0.3, -0.25) is 0 Å². The van der Waals surface area contributed by atoms with Gasteiger partial charge >= 0.3 is 0 Å². The molecule has 0 aliphatic carbocycles. The van der Waals surface area contributed by atoms with Crippen LogP contribution < -0.4 is 10.6 Å². The summed E-state index contributed by atoms with van der Waals surface area (Å²) in [6.45, 7) is 4.42. The zero-order chi connectivity index (χ0) is 19.8. The largest absolute Gasteiger partial charge is 0.467 e. The van der Waals surface area contributed by atoms with Gasteiger partial charge in [0, 0.05) is 29.6 Å². The van der Waals surface area contributed by atoms with E-state index in [2.05, 4.69) is 32.7 Å². The quantitative estimate of drug-likeness (QED) is 0.249. The van der Waals surface area contributed by atoms with E-state index in [1.807, 2.05) is 22.8 Å². The molecule has 2 N–H and O–H groups in total. The van der Waals surface area contributed by atoms with Crippen molar-refractivity contribution < 1.29 is 4.42 Å². The van der Waals surface area contributed by atoms with Crippen molar-refractivity contribution in [2.45, 2.75) is 33.0 Å². The summed E-state index contributed by atoms with van der Waals surface area (Å²) in [5.74, 6) is 2.44. The average Bonchev–Trinajstić information content (AvgIpc) is 3.36. The lowest BCUT2D eigenvalue weighted by Gasteiger charge is -2.13. The summed E-state index contributed by atoms with van der Waals surface area (Å²) in [6, 6.07) is 9.16. The van der Waals surface area contributed by atoms with Gasteiger partial charge in [-0.05, 0) is 29.8 Å². The fourth-order valence-electron chi connectivity index (χ4n) is 2.61. The maximum Gasteiger partial charge on any atom is 0.192 e. The van der Waals surface area contributed by atoms with Crippen LogP contribution in [0.1, 0.15) is 24.1 Å². The van der Waals surface area contributed by atoms with Crippen LogP contribution in [0.15, 0.2) is 52.3 Å². The van der Waals surface area contributed by atoms with Gasteiger partial charge in [0.1, 0.15) is 17.9 Å². The molecule has 2 heterocycles. The standard InChI is InChI=1S/C19H22Cl2N6O.HI/c1-2-18-26-25-13-27(18)8-7-22-19(24-12-16-4-3-9-28-16)23-11-14-5-6-15(20)10-17(14)21;/h3-6,9-10,13H,2,7-8,11-12H2,1H3,(H2,22,23,24);1H. The summed E-state index contributed by atoms with van der Waals surface area (Å²) in [4.78, 5) is 4.63. The molecule has 0 aliphatic heterocycles. The first-order chi connectivity index (χ1) is 13.7. The Balaban J connectivity index is 0.00000300. The predicted octanol–water partition coefficient (Wildman–Crippen LogP) is 4.29. The van der Waals surface area contributed by atoms with Gasteiger partial charge in [0.15, 0.2) is 5.96 Å². The van der Waals surface area contributed by atoms with E-state index in [0.29, 0.717) is 35.6 Å². The van der Waals surface area contributed by atoms with E-state index < -0.39 is 0 Å². The van der Waals surface area contributed by atoms with Crippen molar-refractivity contribution in [2.75, 3.05) is 6.54 Å². The molecule has 0 fully saturated rings. The van der Waals surface area contributed by atoms with E-state index >= 15 is 0 Å². The number of rotatable bonds is 8. The Morgan fingerprint density at radius 3 is 2.83 bits per heavy atom. The van der Waals surface area contributed by atoms with Crippen molar-refractivity contribution in [3.8, 4) is 0 Å². The number of aliphatic imine (C=N–C) groups is 1. The Morgan fingerprint density at radius 1 is 1.24 bits per heavy atom. The number of hydrogen-bond acceptors (Lipinski definition) is 4. The Labute approximate surface area is 196 Å². The van der Waals surface area contributed by atoms with Crippen LogP contribution >= 0.6 is 47.2 Å². The molecule has 29 heavy (non-hydrogen) atoms. The molecule has 0 atom stereocenters. The minimum Gasteiger partial charge on any atom is -0.467 e. The molecule has 0 saturated carbocycles. The summed E-state index contributed by atoms with van der Waals surface area (Å²) in [5.41, 5.74) is 0.900. The lowest BCUT2D eigenvalue weighted by Crippen LogP contribution is -2.38. The molecular weight excluding hydrogens is 526 g/mol. The zero-order valence-electron chi connectivity index (χ0n) is 15.9. The van der Waals surface area contributed by atoms with Gasteiger partial charge in [-0.25, -0.2) is 4.99 Å². The highest BCUT2D eigenvalue weighted by molar-refractivity contribution is 14.0. The second-order valence-corrected chi connectivity index (χ2v) is 6.90. The van der Waals surface area contributed by atoms with Gasteiger partial charge in [0.2, 0.25) is 0 Å². The second kappa shape index (κ2) is 12.0. The molecule has 0 spiro atoms. The highest BCUT2D eigenvalue weighted by Gasteiger charge is 2.05. The van der Waals surface area contributed by atoms with Gasteiger partial charge in [-0.2, -0.15) is 0 Å². The number of nitrogens with one attached hydrogen (secondary N) is 2. The van der Waals surface area contributed by atoms with Crippen molar-refractivity contribution in [2.24, 2.45) is 4.99 Å². The SMILES string of the molecule is CCc1nncn1CCNC(=NCc1ccc(Cl)cc1Cl)NCc1ccco1.I. The van der Waals surface area contributed by atoms with Gasteiger partial charge < -0.3 is 19.6 Å². The van der Waals surface area contributed by atoms with Crippen LogP contribution in [-0.4, -0.2) is 27.3 Å². The summed E-state index contributed by atoms with van der Waals surface area (Å²) in [7, 11) is 0. The van der Waals surface area contributed by atoms with Crippen LogP contribution in [0.3, 0.4) is 0 Å². The first-order valence-electron chi connectivity index (χ1n) is 9.01. The zero-order valence-corrected chi connectivity index (χ0v) is 19.8. The number of halogens is 3. The second-order valence-electron chi connectivity index (χ2n) is 6.05. The van der Waals surface area contributed by atoms with Gasteiger partial charge in [0.05, 0.1) is 19.4 Å². The topological polar surface area (TPSA) is 80.3 Å². The van der Waals surface area contributed by atoms with Crippen LogP contribution in [-0.2, 0) is 26.1 Å². The Bertz CT molecular complexity index is 913. The van der Waals surface area contributed by atoms with E-state index in [1.165, 1.54) is 0 Å².